The maximum Gasteiger partial charge on any atom is 0.254 e. The van der Waals surface area contributed by atoms with Crippen molar-refractivity contribution in [3.05, 3.63) is 59.5 Å². The van der Waals surface area contributed by atoms with Gasteiger partial charge in [0.15, 0.2) is 0 Å². The largest absolute Gasteiger partial charge is 0.472 e. The second kappa shape index (κ2) is 5.32. The Morgan fingerprint density at radius 3 is 2.65 bits per heavy atom. The molecule has 0 aliphatic carbocycles. The number of carbonyl (C=O) groups excluding carboxylic acids is 1. The molecule has 0 radical (unpaired) electrons. The van der Waals surface area contributed by atoms with Gasteiger partial charge in [-0.25, -0.2) is 0 Å². The zero-order chi connectivity index (χ0) is 12.1. The summed E-state index contributed by atoms with van der Waals surface area (Å²) < 4.78 is 4.83. The molecule has 0 fully saturated rings. The predicted molar refractivity (Wildman–Crippen MR) is 62.2 cm³/mol. The number of carbonyl (C=O) groups is 1. The molecule has 1 aromatic carbocycles. The highest BCUT2D eigenvalue weighted by atomic mass is 16.3. The van der Waals surface area contributed by atoms with Gasteiger partial charge >= 0.3 is 0 Å². The first-order valence-corrected chi connectivity index (χ1v) is 5.29. The Hall–Kier alpha value is -2.07. The van der Waals surface area contributed by atoms with Crippen molar-refractivity contribution in [1.29, 1.82) is 0 Å². The Bertz CT molecular complexity index is 491. The Morgan fingerprint density at radius 1 is 1.24 bits per heavy atom. The lowest BCUT2D eigenvalue weighted by Gasteiger charge is -2.07. The minimum absolute atomic E-state index is 0.0300. The van der Waals surface area contributed by atoms with Crippen LogP contribution in [0.3, 0.4) is 0 Å². The molecule has 1 aromatic heterocycles. The average Bonchev–Trinajstić information content (AvgIpc) is 2.90. The quantitative estimate of drug-likeness (QED) is 0.841. The van der Waals surface area contributed by atoms with Crippen LogP contribution in [-0.4, -0.2) is 11.0 Å². The Balaban J connectivity index is 2.00. The van der Waals surface area contributed by atoms with Crippen LogP contribution in [0.25, 0.3) is 0 Å². The molecule has 2 rings (SSSR count). The summed E-state index contributed by atoms with van der Waals surface area (Å²) in [6, 6.07) is 9.04. The summed E-state index contributed by atoms with van der Waals surface area (Å²) in [7, 11) is 0. The van der Waals surface area contributed by atoms with E-state index < -0.39 is 0 Å². The second-order valence-electron chi connectivity index (χ2n) is 3.62. The fourth-order valence-electron chi connectivity index (χ4n) is 1.56. The van der Waals surface area contributed by atoms with Crippen molar-refractivity contribution in [2.24, 2.45) is 0 Å². The van der Waals surface area contributed by atoms with Crippen LogP contribution in [0.2, 0.25) is 0 Å². The monoisotopic (exact) mass is 231 g/mol. The van der Waals surface area contributed by atoms with E-state index in [9.17, 15) is 4.79 Å². The van der Waals surface area contributed by atoms with Crippen molar-refractivity contribution >= 4 is 5.91 Å². The summed E-state index contributed by atoms with van der Waals surface area (Å²) in [5, 5.41) is 11.9. The zero-order valence-electron chi connectivity index (χ0n) is 9.22. The number of furan rings is 1. The van der Waals surface area contributed by atoms with E-state index in [1.54, 1.807) is 6.07 Å². The van der Waals surface area contributed by atoms with E-state index in [0.29, 0.717) is 12.1 Å². The molecule has 17 heavy (non-hydrogen) atoms. The first-order chi connectivity index (χ1) is 8.31. The Labute approximate surface area is 98.9 Å². The van der Waals surface area contributed by atoms with Gasteiger partial charge < -0.3 is 14.8 Å². The minimum Gasteiger partial charge on any atom is -0.472 e. The van der Waals surface area contributed by atoms with Gasteiger partial charge in [0.25, 0.3) is 5.91 Å². The zero-order valence-corrected chi connectivity index (χ0v) is 9.22. The predicted octanol–water partition coefficient (Wildman–Crippen LogP) is 1.70. The maximum atomic E-state index is 11.6. The van der Waals surface area contributed by atoms with Crippen molar-refractivity contribution in [1.82, 2.24) is 5.32 Å². The molecule has 4 nitrogen and oxygen atoms in total. The number of nitrogens with one attached hydrogen (secondary N) is 1. The molecule has 0 saturated heterocycles. The van der Waals surface area contributed by atoms with Crippen LogP contribution in [0.4, 0.5) is 0 Å². The number of aliphatic hydroxyl groups is 1. The average molecular weight is 231 g/mol. The van der Waals surface area contributed by atoms with Gasteiger partial charge in [0.05, 0.1) is 18.4 Å². The van der Waals surface area contributed by atoms with Gasteiger partial charge in [0, 0.05) is 6.54 Å². The number of rotatable bonds is 4. The molecule has 1 amide bonds. The molecule has 0 unspecified atom stereocenters. The van der Waals surface area contributed by atoms with E-state index >= 15 is 0 Å². The van der Waals surface area contributed by atoms with E-state index in [0.717, 1.165) is 11.1 Å². The molecule has 88 valence electrons. The highest BCUT2D eigenvalue weighted by Gasteiger charge is 2.07. The number of aliphatic hydroxyl groups excluding tert-OH is 1. The van der Waals surface area contributed by atoms with Crippen LogP contribution >= 0.6 is 0 Å². The molecule has 0 bridgehead atoms. The molecule has 2 N–H and O–H groups in total. The normalized spacial score (nSPS) is 10.2. The van der Waals surface area contributed by atoms with E-state index in [1.807, 2.05) is 24.3 Å². The summed E-state index contributed by atoms with van der Waals surface area (Å²) in [5.41, 5.74) is 2.22. The van der Waals surface area contributed by atoms with Crippen LogP contribution in [-0.2, 0) is 13.2 Å². The number of hydrogen-bond acceptors (Lipinski definition) is 3. The minimum atomic E-state index is -0.188. The molecule has 2 aromatic rings. The van der Waals surface area contributed by atoms with Gasteiger partial charge in [-0.05, 0) is 17.2 Å². The summed E-state index contributed by atoms with van der Waals surface area (Å²) in [4.78, 5) is 11.6. The summed E-state index contributed by atoms with van der Waals surface area (Å²) in [6.07, 6.45) is 2.85. The Kier molecular flexibility index (Phi) is 3.57. The third-order valence-electron chi connectivity index (χ3n) is 2.51. The molecular formula is C13H13NO3. The lowest BCUT2D eigenvalue weighted by molar-refractivity contribution is 0.0950. The second-order valence-corrected chi connectivity index (χ2v) is 3.62. The third kappa shape index (κ3) is 2.73. The lowest BCUT2D eigenvalue weighted by atomic mass is 10.1. The molecule has 0 spiro atoms. The smallest absolute Gasteiger partial charge is 0.254 e. The molecular weight excluding hydrogens is 218 g/mol. The van der Waals surface area contributed by atoms with Crippen molar-refractivity contribution in [3.63, 3.8) is 0 Å². The molecule has 4 heteroatoms. The first-order valence-electron chi connectivity index (χ1n) is 5.29. The number of amides is 1. The summed E-state index contributed by atoms with van der Waals surface area (Å²) in [5.74, 6) is -0.188. The number of benzene rings is 1. The fourth-order valence-corrected chi connectivity index (χ4v) is 1.56. The van der Waals surface area contributed by atoms with E-state index in [-0.39, 0.29) is 12.5 Å². The van der Waals surface area contributed by atoms with Gasteiger partial charge in [0.1, 0.15) is 6.26 Å². The molecule has 0 saturated carbocycles. The standard InChI is InChI=1S/C13H13NO3/c15-8-11-4-2-1-3-10(11)7-14-13(16)12-5-6-17-9-12/h1-6,9,15H,7-8H2,(H,14,16). The third-order valence-corrected chi connectivity index (χ3v) is 2.51. The van der Waals surface area contributed by atoms with Gasteiger partial charge in [0.2, 0.25) is 0 Å². The first kappa shape index (κ1) is 11.4. The maximum absolute atomic E-state index is 11.6. The van der Waals surface area contributed by atoms with Gasteiger partial charge in [-0.15, -0.1) is 0 Å². The molecule has 1 heterocycles. The van der Waals surface area contributed by atoms with Crippen LogP contribution in [0.15, 0.2) is 47.3 Å². The van der Waals surface area contributed by atoms with Gasteiger partial charge in [-0.1, -0.05) is 24.3 Å². The van der Waals surface area contributed by atoms with Crippen molar-refractivity contribution in [3.8, 4) is 0 Å². The van der Waals surface area contributed by atoms with Crippen molar-refractivity contribution in [2.75, 3.05) is 0 Å². The van der Waals surface area contributed by atoms with E-state index in [4.69, 9.17) is 9.52 Å². The topological polar surface area (TPSA) is 62.5 Å². The summed E-state index contributed by atoms with van der Waals surface area (Å²) in [6.45, 7) is 0.360. The summed E-state index contributed by atoms with van der Waals surface area (Å²) >= 11 is 0. The Morgan fingerprint density at radius 2 is 2.00 bits per heavy atom. The lowest BCUT2D eigenvalue weighted by Crippen LogP contribution is -2.22. The van der Waals surface area contributed by atoms with Gasteiger partial charge in [-0.2, -0.15) is 0 Å². The van der Waals surface area contributed by atoms with Crippen LogP contribution < -0.4 is 5.32 Å². The number of hydrogen-bond donors (Lipinski definition) is 2. The van der Waals surface area contributed by atoms with Crippen LogP contribution in [0.1, 0.15) is 21.5 Å². The van der Waals surface area contributed by atoms with E-state index in [2.05, 4.69) is 5.32 Å². The van der Waals surface area contributed by atoms with Crippen molar-refractivity contribution < 1.29 is 14.3 Å². The SMILES string of the molecule is O=C(NCc1ccccc1CO)c1ccoc1. The molecule has 0 aliphatic rings. The van der Waals surface area contributed by atoms with Crippen molar-refractivity contribution in [2.45, 2.75) is 13.2 Å². The van der Waals surface area contributed by atoms with E-state index in [1.165, 1.54) is 12.5 Å². The highest BCUT2D eigenvalue weighted by molar-refractivity contribution is 5.93. The molecule has 0 aliphatic heterocycles. The van der Waals surface area contributed by atoms with Crippen LogP contribution in [0, 0.1) is 0 Å². The highest BCUT2D eigenvalue weighted by Crippen LogP contribution is 2.08. The van der Waals surface area contributed by atoms with Gasteiger partial charge in [-0.3, -0.25) is 4.79 Å². The fraction of sp³-hybridized carbons (Fsp3) is 0.154. The van der Waals surface area contributed by atoms with Crippen LogP contribution in [0.5, 0.6) is 0 Å². The molecule has 0 atom stereocenters.